The minimum atomic E-state index is -0.518. The lowest BCUT2D eigenvalue weighted by Crippen LogP contribution is -2.20. The quantitative estimate of drug-likeness (QED) is 0.228. The zero-order chi connectivity index (χ0) is 24.8. The van der Waals surface area contributed by atoms with E-state index in [1.54, 1.807) is 18.3 Å². The van der Waals surface area contributed by atoms with E-state index in [0.29, 0.717) is 5.56 Å². The van der Waals surface area contributed by atoms with Crippen LogP contribution in [-0.4, -0.2) is 27.5 Å². The van der Waals surface area contributed by atoms with E-state index in [-0.39, 0.29) is 24.6 Å². The van der Waals surface area contributed by atoms with E-state index < -0.39 is 10.8 Å². The number of benzene rings is 3. The summed E-state index contributed by atoms with van der Waals surface area (Å²) in [4.78, 5) is 35.5. The molecule has 1 heterocycles. The summed E-state index contributed by atoms with van der Waals surface area (Å²) in [5.41, 5.74) is 6.01. The third-order valence-corrected chi connectivity index (χ3v) is 5.40. The average Bonchev–Trinajstić information content (AvgIpc) is 3.18. The molecule has 0 aliphatic heterocycles. The van der Waals surface area contributed by atoms with Gasteiger partial charge in [0.15, 0.2) is 0 Å². The Balaban J connectivity index is 1.45. The van der Waals surface area contributed by atoms with Gasteiger partial charge in [-0.25, -0.2) is 5.43 Å². The number of amides is 2. The minimum Gasteiger partial charge on any atom is -0.337 e. The summed E-state index contributed by atoms with van der Waals surface area (Å²) < 4.78 is 1.81. The van der Waals surface area contributed by atoms with Gasteiger partial charge in [0.25, 0.3) is 5.69 Å². The van der Waals surface area contributed by atoms with Gasteiger partial charge in [0, 0.05) is 40.0 Å². The number of para-hydroxylation sites is 2. The first-order valence-corrected chi connectivity index (χ1v) is 10.9. The topological polar surface area (TPSA) is 119 Å². The van der Waals surface area contributed by atoms with Crippen LogP contribution in [0, 0.1) is 17.0 Å². The number of hydrogen-bond donors (Lipinski definition) is 2. The summed E-state index contributed by atoms with van der Waals surface area (Å²) >= 11 is 0. The van der Waals surface area contributed by atoms with Crippen LogP contribution in [0.1, 0.15) is 16.7 Å². The second-order valence-corrected chi connectivity index (χ2v) is 8.00. The summed E-state index contributed by atoms with van der Waals surface area (Å²) in [6.45, 7) is 2.08. The fourth-order valence-electron chi connectivity index (χ4n) is 3.73. The molecular weight excluding hydrogens is 446 g/mol. The standard InChI is InChI=1S/C26H23N5O4/c1-18-10-12-21(13-11-18)28-26(33)17-30-16-20(22-7-3-5-9-24(22)30)15-27-29-25(32)14-19-6-2-4-8-23(19)31(34)35/h2-13,15-16H,14,17H2,1H3,(H,28,33)(H,29,32)/b27-15+. The van der Waals surface area contributed by atoms with E-state index in [0.717, 1.165) is 27.7 Å². The van der Waals surface area contributed by atoms with Crippen molar-refractivity contribution in [1.29, 1.82) is 0 Å². The molecule has 2 N–H and O–H groups in total. The minimum absolute atomic E-state index is 0.103. The summed E-state index contributed by atoms with van der Waals surface area (Å²) in [5, 5.41) is 18.9. The van der Waals surface area contributed by atoms with E-state index >= 15 is 0 Å². The van der Waals surface area contributed by atoms with Crippen molar-refractivity contribution in [2.24, 2.45) is 5.10 Å². The molecular formula is C26H23N5O4. The molecule has 3 aromatic carbocycles. The number of anilines is 1. The second kappa shape index (κ2) is 10.4. The Morgan fingerprint density at radius 2 is 1.71 bits per heavy atom. The van der Waals surface area contributed by atoms with Crippen LogP contribution in [0.3, 0.4) is 0 Å². The second-order valence-electron chi connectivity index (χ2n) is 8.00. The number of hydrogen-bond acceptors (Lipinski definition) is 5. The Kier molecular flexibility index (Phi) is 6.96. The number of nitro benzene ring substituents is 1. The van der Waals surface area contributed by atoms with E-state index in [1.165, 1.54) is 18.3 Å². The van der Waals surface area contributed by atoms with Crippen LogP contribution in [-0.2, 0) is 22.6 Å². The van der Waals surface area contributed by atoms with Crippen molar-refractivity contribution in [2.75, 3.05) is 5.32 Å². The highest BCUT2D eigenvalue weighted by Gasteiger charge is 2.15. The number of nitro groups is 1. The smallest absolute Gasteiger partial charge is 0.273 e. The van der Waals surface area contributed by atoms with Crippen LogP contribution >= 0.6 is 0 Å². The molecule has 9 nitrogen and oxygen atoms in total. The van der Waals surface area contributed by atoms with Crippen LogP contribution in [0.25, 0.3) is 10.9 Å². The maximum absolute atomic E-state index is 12.6. The Labute approximate surface area is 201 Å². The molecule has 0 aliphatic rings. The Morgan fingerprint density at radius 1 is 1.00 bits per heavy atom. The number of fused-ring (bicyclic) bond motifs is 1. The predicted octanol–water partition coefficient (Wildman–Crippen LogP) is 4.19. The van der Waals surface area contributed by atoms with E-state index in [9.17, 15) is 19.7 Å². The molecule has 0 atom stereocenters. The first-order chi connectivity index (χ1) is 16.9. The average molecular weight is 470 g/mol. The number of nitrogens with zero attached hydrogens (tertiary/aromatic N) is 3. The highest BCUT2D eigenvalue weighted by atomic mass is 16.6. The molecule has 0 aliphatic carbocycles. The van der Waals surface area contributed by atoms with Gasteiger partial charge in [0.2, 0.25) is 11.8 Å². The van der Waals surface area contributed by atoms with Gasteiger partial charge >= 0.3 is 0 Å². The van der Waals surface area contributed by atoms with Gasteiger partial charge in [-0.05, 0) is 25.1 Å². The van der Waals surface area contributed by atoms with Crippen molar-refractivity contribution < 1.29 is 14.5 Å². The lowest BCUT2D eigenvalue weighted by Gasteiger charge is -2.07. The van der Waals surface area contributed by atoms with Gasteiger partial charge in [0.05, 0.1) is 17.6 Å². The van der Waals surface area contributed by atoms with Gasteiger partial charge in [-0.1, -0.05) is 54.1 Å². The zero-order valence-corrected chi connectivity index (χ0v) is 19.0. The van der Waals surface area contributed by atoms with E-state index in [1.807, 2.05) is 60.0 Å². The van der Waals surface area contributed by atoms with Crippen molar-refractivity contribution in [1.82, 2.24) is 9.99 Å². The molecule has 9 heteroatoms. The molecule has 0 saturated carbocycles. The highest BCUT2D eigenvalue weighted by molar-refractivity contribution is 6.00. The molecule has 0 radical (unpaired) electrons. The van der Waals surface area contributed by atoms with Crippen molar-refractivity contribution in [3.63, 3.8) is 0 Å². The van der Waals surface area contributed by atoms with Crippen molar-refractivity contribution in [3.05, 3.63) is 106 Å². The van der Waals surface area contributed by atoms with Crippen LogP contribution in [0.5, 0.6) is 0 Å². The lowest BCUT2D eigenvalue weighted by atomic mass is 10.1. The summed E-state index contributed by atoms with van der Waals surface area (Å²) in [7, 11) is 0. The van der Waals surface area contributed by atoms with Crippen LogP contribution in [0.2, 0.25) is 0 Å². The molecule has 0 saturated heterocycles. The third-order valence-electron chi connectivity index (χ3n) is 5.40. The maximum Gasteiger partial charge on any atom is 0.273 e. The van der Waals surface area contributed by atoms with Gasteiger partial charge in [-0.2, -0.15) is 5.10 Å². The Bertz CT molecular complexity index is 1420. The van der Waals surface area contributed by atoms with Crippen molar-refractivity contribution in [3.8, 4) is 0 Å². The van der Waals surface area contributed by atoms with Crippen LogP contribution in [0.15, 0.2) is 84.1 Å². The van der Waals surface area contributed by atoms with Gasteiger partial charge < -0.3 is 9.88 Å². The maximum atomic E-state index is 12.6. The van der Waals surface area contributed by atoms with Crippen molar-refractivity contribution >= 4 is 40.3 Å². The zero-order valence-electron chi connectivity index (χ0n) is 19.0. The number of carbonyl (C=O) groups excluding carboxylic acids is 2. The molecule has 0 bridgehead atoms. The number of rotatable bonds is 8. The number of carbonyl (C=O) groups is 2. The largest absolute Gasteiger partial charge is 0.337 e. The lowest BCUT2D eigenvalue weighted by molar-refractivity contribution is -0.385. The third kappa shape index (κ3) is 5.77. The number of nitrogens with one attached hydrogen (secondary N) is 2. The first kappa shape index (κ1) is 23.4. The molecule has 176 valence electrons. The fraction of sp³-hybridized carbons (Fsp3) is 0.115. The molecule has 1 aromatic heterocycles. The normalized spacial score (nSPS) is 11.0. The number of aromatic nitrogens is 1. The molecule has 0 unspecified atom stereocenters. The van der Waals surface area contributed by atoms with E-state index in [2.05, 4.69) is 15.8 Å². The Morgan fingerprint density at radius 3 is 2.49 bits per heavy atom. The molecule has 4 aromatic rings. The fourth-order valence-corrected chi connectivity index (χ4v) is 3.73. The number of hydrazone groups is 1. The molecule has 35 heavy (non-hydrogen) atoms. The summed E-state index contributed by atoms with van der Waals surface area (Å²) in [6, 6.07) is 21.2. The molecule has 2 amide bonds. The summed E-state index contributed by atoms with van der Waals surface area (Å²) in [6.07, 6.45) is 3.11. The first-order valence-electron chi connectivity index (χ1n) is 10.9. The van der Waals surface area contributed by atoms with Crippen LogP contribution < -0.4 is 10.7 Å². The monoisotopic (exact) mass is 469 g/mol. The summed E-state index contributed by atoms with van der Waals surface area (Å²) in [5.74, 6) is -0.646. The molecule has 0 fully saturated rings. The molecule has 4 rings (SSSR count). The van der Waals surface area contributed by atoms with Gasteiger partial charge in [0.1, 0.15) is 6.54 Å². The van der Waals surface area contributed by atoms with E-state index in [4.69, 9.17) is 0 Å². The Hall–Kier alpha value is -4.79. The highest BCUT2D eigenvalue weighted by Crippen LogP contribution is 2.21. The number of aryl methyl sites for hydroxylation is 1. The van der Waals surface area contributed by atoms with Crippen LogP contribution in [0.4, 0.5) is 11.4 Å². The SMILES string of the molecule is Cc1ccc(NC(=O)Cn2cc(/C=N/NC(=O)Cc3ccccc3[N+](=O)[O-])c3ccccc32)cc1. The molecule has 0 spiro atoms. The predicted molar refractivity (Wildman–Crippen MR) is 134 cm³/mol. The van der Waals surface area contributed by atoms with Gasteiger partial charge in [-0.3, -0.25) is 19.7 Å². The van der Waals surface area contributed by atoms with Gasteiger partial charge in [-0.15, -0.1) is 0 Å². The van der Waals surface area contributed by atoms with Crippen molar-refractivity contribution in [2.45, 2.75) is 19.9 Å².